The Hall–Kier alpha value is -1.94. The zero-order chi connectivity index (χ0) is 15.4. The maximum atomic E-state index is 13.7. The summed E-state index contributed by atoms with van der Waals surface area (Å²) in [6, 6.07) is 9.86. The van der Waals surface area contributed by atoms with Crippen LogP contribution in [-0.2, 0) is 13.2 Å². The molecule has 2 aromatic carbocycles. The summed E-state index contributed by atoms with van der Waals surface area (Å²) in [5.41, 5.74) is 2.21. The van der Waals surface area contributed by atoms with E-state index in [2.05, 4.69) is 13.8 Å². The lowest BCUT2D eigenvalue weighted by atomic mass is 10.0. The molecule has 0 fully saturated rings. The Balaban J connectivity index is 2.09. The van der Waals surface area contributed by atoms with Crippen LogP contribution in [0.5, 0.6) is 5.75 Å². The van der Waals surface area contributed by atoms with Gasteiger partial charge in [0.25, 0.3) is 0 Å². The van der Waals surface area contributed by atoms with Gasteiger partial charge in [-0.25, -0.2) is 8.78 Å². The smallest absolute Gasteiger partial charge is 0.191 e. The van der Waals surface area contributed by atoms with Crippen LogP contribution in [0, 0.1) is 11.6 Å². The Kier molecular flexibility index (Phi) is 4.91. The normalized spacial score (nSPS) is 11.0. The van der Waals surface area contributed by atoms with Crippen molar-refractivity contribution in [2.75, 3.05) is 0 Å². The quantitative estimate of drug-likeness (QED) is 0.896. The first-order valence-electron chi connectivity index (χ1n) is 6.81. The summed E-state index contributed by atoms with van der Waals surface area (Å²) < 4.78 is 32.6. The predicted octanol–water partition coefficient (Wildman–Crippen LogP) is 4.16. The van der Waals surface area contributed by atoms with Gasteiger partial charge in [0.15, 0.2) is 17.4 Å². The zero-order valence-electron chi connectivity index (χ0n) is 12.1. The molecule has 0 aliphatic heterocycles. The summed E-state index contributed by atoms with van der Waals surface area (Å²) >= 11 is 0. The molecule has 0 aliphatic rings. The van der Waals surface area contributed by atoms with Crippen molar-refractivity contribution >= 4 is 0 Å². The molecule has 0 bridgehead atoms. The fourth-order valence-electron chi connectivity index (χ4n) is 2.00. The van der Waals surface area contributed by atoms with Crippen molar-refractivity contribution in [1.82, 2.24) is 0 Å². The van der Waals surface area contributed by atoms with Crippen LogP contribution < -0.4 is 4.74 Å². The van der Waals surface area contributed by atoms with E-state index in [0.29, 0.717) is 5.92 Å². The molecule has 0 unspecified atom stereocenters. The third kappa shape index (κ3) is 3.79. The molecule has 2 nitrogen and oxygen atoms in total. The summed E-state index contributed by atoms with van der Waals surface area (Å²) in [5, 5.41) is 8.88. The van der Waals surface area contributed by atoms with Crippen LogP contribution in [0.2, 0.25) is 0 Å². The van der Waals surface area contributed by atoms with Crippen LogP contribution in [0.1, 0.15) is 36.5 Å². The number of rotatable bonds is 5. The minimum absolute atomic E-state index is 0.0880. The maximum Gasteiger partial charge on any atom is 0.191 e. The molecule has 0 amide bonds. The molecular formula is C17H18F2O2. The molecule has 0 atom stereocenters. The zero-order valence-corrected chi connectivity index (χ0v) is 12.1. The fraction of sp³-hybridized carbons (Fsp3) is 0.294. The van der Waals surface area contributed by atoms with E-state index >= 15 is 0 Å². The van der Waals surface area contributed by atoms with Crippen molar-refractivity contribution in [1.29, 1.82) is 0 Å². The van der Waals surface area contributed by atoms with E-state index in [4.69, 9.17) is 9.84 Å². The van der Waals surface area contributed by atoms with E-state index in [9.17, 15) is 8.78 Å². The number of halogens is 2. The molecule has 0 saturated heterocycles. The summed E-state index contributed by atoms with van der Waals surface area (Å²) in [7, 11) is 0. The summed E-state index contributed by atoms with van der Waals surface area (Å²) in [6.07, 6.45) is 0. The van der Waals surface area contributed by atoms with Crippen LogP contribution in [0.4, 0.5) is 8.78 Å². The molecule has 0 aliphatic carbocycles. The van der Waals surface area contributed by atoms with E-state index < -0.39 is 24.0 Å². The largest absolute Gasteiger partial charge is 0.483 e. The van der Waals surface area contributed by atoms with Gasteiger partial charge in [-0.3, -0.25) is 0 Å². The molecule has 112 valence electrons. The van der Waals surface area contributed by atoms with Gasteiger partial charge in [-0.05, 0) is 34.7 Å². The number of ether oxygens (including phenoxy) is 1. The second-order valence-corrected chi connectivity index (χ2v) is 5.23. The third-order valence-electron chi connectivity index (χ3n) is 3.27. The van der Waals surface area contributed by atoms with Gasteiger partial charge >= 0.3 is 0 Å². The summed E-state index contributed by atoms with van der Waals surface area (Å²) in [4.78, 5) is 0. The van der Waals surface area contributed by atoms with Crippen molar-refractivity contribution in [3.05, 3.63) is 64.7 Å². The van der Waals surface area contributed by atoms with Crippen molar-refractivity contribution in [2.24, 2.45) is 0 Å². The van der Waals surface area contributed by atoms with E-state index in [1.54, 1.807) is 0 Å². The molecular weight excluding hydrogens is 274 g/mol. The molecule has 0 saturated carbocycles. The number of aliphatic hydroxyl groups is 1. The molecule has 2 rings (SSSR count). The van der Waals surface area contributed by atoms with Crippen molar-refractivity contribution in [3.8, 4) is 5.75 Å². The van der Waals surface area contributed by atoms with Crippen molar-refractivity contribution < 1.29 is 18.6 Å². The Morgan fingerprint density at radius 3 is 2.05 bits per heavy atom. The Bertz CT molecular complexity index is 584. The average molecular weight is 292 g/mol. The predicted molar refractivity (Wildman–Crippen MR) is 77.1 cm³/mol. The summed E-state index contributed by atoms with van der Waals surface area (Å²) in [5.74, 6) is -1.60. The Labute approximate surface area is 123 Å². The number of hydrogen-bond acceptors (Lipinski definition) is 2. The monoisotopic (exact) mass is 292 g/mol. The second kappa shape index (κ2) is 6.68. The average Bonchev–Trinajstić information content (AvgIpc) is 2.46. The van der Waals surface area contributed by atoms with Crippen LogP contribution >= 0.6 is 0 Å². The van der Waals surface area contributed by atoms with Crippen LogP contribution in [0.15, 0.2) is 36.4 Å². The van der Waals surface area contributed by atoms with Gasteiger partial charge in [-0.1, -0.05) is 38.1 Å². The number of benzene rings is 2. The second-order valence-electron chi connectivity index (χ2n) is 5.23. The van der Waals surface area contributed by atoms with Gasteiger partial charge in [-0.2, -0.15) is 0 Å². The fourth-order valence-corrected chi connectivity index (χ4v) is 2.00. The van der Waals surface area contributed by atoms with Crippen LogP contribution in [0.3, 0.4) is 0 Å². The number of aliphatic hydroxyl groups excluding tert-OH is 1. The van der Waals surface area contributed by atoms with E-state index in [1.165, 1.54) is 5.56 Å². The molecule has 0 aromatic heterocycles. The lowest BCUT2D eigenvalue weighted by Crippen LogP contribution is -2.01. The molecule has 1 N–H and O–H groups in total. The highest BCUT2D eigenvalue weighted by molar-refractivity contribution is 5.32. The van der Waals surface area contributed by atoms with Crippen molar-refractivity contribution in [2.45, 2.75) is 33.0 Å². The van der Waals surface area contributed by atoms with Gasteiger partial charge in [0, 0.05) is 0 Å². The lowest BCUT2D eigenvalue weighted by Gasteiger charge is -2.11. The highest BCUT2D eigenvalue weighted by atomic mass is 19.1. The van der Waals surface area contributed by atoms with Gasteiger partial charge in [0.1, 0.15) is 6.61 Å². The van der Waals surface area contributed by atoms with Crippen LogP contribution in [-0.4, -0.2) is 5.11 Å². The molecule has 2 aromatic rings. The van der Waals surface area contributed by atoms with Crippen LogP contribution in [0.25, 0.3) is 0 Å². The van der Waals surface area contributed by atoms with Gasteiger partial charge in [-0.15, -0.1) is 0 Å². The van der Waals surface area contributed by atoms with E-state index in [0.717, 1.165) is 17.7 Å². The minimum atomic E-state index is -0.808. The van der Waals surface area contributed by atoms with E-state index in [1.807, 2.05) is 24.3 Å². The first-order chi connectivity index (χ1) is 10.0. The number of hydrogen-bond donors (Lipinski definition) is 1. The minimum Gasteiger partial charge on any atom is -0.483 e. The first kappa shape index (κ1) is 15.4. The third-order valence-corrected chi connectivity index (χ3v) is 3.27. The van der Waals surface area contributed by atoms with Gasteiger partial charge < -0.3 is 9.84 Å². The molecule has 0 radical (unpaired) electrons. The Morgan fingerprint density at radius 1 is 1.00 bits per heavy atom. The molecule has 4 heteroatoms. The highest BCUT2D eigenvalue weighted by Crippen LogP contribution is 2.24. The Morgan fingerprint density at radius 2 is 1.57 bits per heavy atom. The maximum absolute atomic E-state index is 13.7. The molecule has 0 heterocycles. The topological polar surface area (TPSA) is 29.5 Å². The molecule has 0 spiro atoms. The first-order valence-corrected chi connectivity index (χ1v) is 6.81. The summed E-state index contributed by atoms with van der Waals surface area (Å²) in [6.45, 7) is 3.87. The lowest BCUT2D eigenvalue weighted by molar-refractivity contribution is 0.266. The highest BCUT2D eigenvalue weighted by Gasteiger charge is 2.12. The molecule has 21 heavy (non-hydrogen) atoms. The van der Waals surface area contributed by atoms with E-state index in [-0.39, 0.29) is 12.2 Å². The van der Waals surface area contributed by atoms with Crippen molar-refractivity contribution in [3.63, 3.8) is 0 Å². The van der Waals surface area contributed by atoms with Gasteiger partial charge in [0.2, 0.25) is 0 Å². The van der Waals surface area contributed by atoms with Gasteiger partial charge in [0.05, 0.1) is 6.61 Å². The SMILES string of the molecule is CC(C)c1ccc(COc2c(F)cc(CO)cc2F)cc1. The standard InChI is InChI=1S/C17H18F2O2/c1-11(2)14-5-3-12(4-6-14)10-21-17-15(18)7-13(9-20)8-16(17)19/h3-8,11,20H,9-10H2,1-2H3.